The maximum absolute atomic E-state index is 14.7. The van der Waals surface area contributed by atoms with Crippen LogP contribution in [0.1, 0.15) is 20.1 Å². The zero-order chi connectivity index (χ0) is 17.3. The number of aromatic amines is 1. The van der Waals surface area contributed by atoms with Crippen LogP contribution in [0.3, 0.4) is 0 Å². The van der Waals surface area contributed by atoms with Crippen molar-refractivity contribution in [2.45, 2.75) is 38.4 Å². The summed E-state index contributed by atoms with van der Waals surface area (Å²) in [6.45, 7) is 3.13. The summed E-state index contributed by atoms with van der Waals surface area (Å²) in [5.41, 5.74) is -2.27. The van der Waals surface area contributed by atoms with Crippen LogP contribution in [0, 0.1) is 11.7 Å². The minimum absolute atomic E-state index is 0.0128. The Labute approximate surface area is 129 Å². The molecule has 0 amide bonds. The molecule has 2 heterocycles. The summed E-state index contributed by atoms with van der Waals surface area (Å²) in [7, 11) is 0. The zero-order valence-electron chi connectivity index (χ0n) is 12.6. The first-order valence-corrected chi connectivity index (χ1v) is 7.13. The number of ether oxygens (including phenoxy) is 1. The fraction of sp³-hybridized carbons (Fsp3) is 0.692. The second-order valence-electron chi connectivity index (χ2n) is 5.84. The van der Waals surface area contributed by atoms with Gasteiger partial charge in [-0.05, 0) is 5.92 Å². The van der Waals surface area contributed by atoms with E-state index in [2.05, 4.69) is 0 Å². The number of halogens is 2. The molecule has 3 N–H and O–H groups in total. The van der Waals surface area contributed by atoms with Gasteiger partial charge in [-0.25, -0.2) is 9.18 Å². The number of rotatable bonds is 5. The molecule has 1 aromatic rings. The molecule has 23 heavy (non-hydrogen) atoms. The molecule has 8 nitrogen and oxygen atoms in total. The SMILES string of the molecule is CC(C)CN(O)[C@@H]1[C@H](F)[C@@H](n2cc(F)c(=O)[nH]c2=O)O[C@@H]1CO. The number of aliphatic hydroxyl groups excluding tert-OH is 1. The van der Waals surface area contributed by atoms with Gasteiger partial charge in [-0.1, -0.05) is 13.8 Å². The largest absolute Gasteiger partial charge is 0.394 e. The molecule has 0 radical (unpaired) electrons. The van der Waals surface area contributed by atoms with E-state index < -0.39 is 48.2 Å². The lowest BCUT2D eigenvalue weighted by atomic mass is 10.1. The highest BCUT2D eigenvalue weighted by Crippen LogP contribution is 2.33. The Balaban J connectivity index is 2.34. The van der Waals surface area contributed by atoms with E-state index in [1.54, 1.807) is 18.8 Å². The third-order valence-corrected chi connectivity index (χ3v) is 3.57. The second-order valence-corrected chi connectivity index (χ2v) is 5.84. The Kier molecular flexibility index (Phi) is 5.30. The highest BCUT2D eigenvalue weighted by Gasteiger charge is 2.49. The number of alkyl halides is 1. The molecule has 4 atom stereocenters. The van der Waals surface area contributed by atoms with Gasteiger partial charge in [-0.15, -0.1) is 0 Å². The number of hydroxylamine groups is 2. The molecule has 0 saturated carbocycles. The quantitative estimate of drug-likeness (QED) is 0.633. The predicted molar refractivity (Wildman–Crippen MR) is 74.3 cm³/mol. The van der Waals surface area contributed by atoms with Crippen molar-refractivity contribution in [2.24, 2.45) is 5.92 Å². The maximum Gasteiger partial charge on any atom is 0.330 e. The topological polar surface area (TPSA) is 108 Å². The summed E-state index contributed by atoms with van der Waals surface area (Å²) in [5, 5.41) is 20.0. The summed E-state index contributed by atoms with van der Waals surface area (Å²) in [4.78, 5) is 24.5. The summed E-state index contributed by atoms with van der Waals surface area (Å²) >= 11 is 0. The lowest BCUT2D eigenvalue weighted by molar-refractivity contribution is -0.160. The van der Waals surface area contributed by atoms with E-state index in [-0.39, 0.29) is 12.5 Å². The number of nitrogens with zero attached hydrogens (tertiary/aromatic N) is 2. The maximum atomic E-state index is 14.7. The standard InChI is InChI=1S/C13H19F2N3O5/c1-6(2)3-18(22)10-8(5-19)23-12(9(10)15)17-4-7(14)11(20)16-13(17)21/h4,6,8-10,12,19,22H,3,5H2,1-2H3,(H,16,20,21)/t8-,9+,10+,12+/m1/s1. The molecule has 0 spiro atoms. The van der Waals surface area contributed by atoms with E-state index in [0.717, 1.165) is 0 Å². The lowest BCUT2D eigenvalue weighted by Gasteiger charge is -2.27. The van der Waals surface area contributed by atoms with Gasteiger partial charge in [0.2, 0.25) is 5.82 Å². The first-order chi connectivity index (χ1) is 10.8. The van der Waals surface area contributed by atoms with Gasteiger partial charge in [-0.3, -0.25) is 14.3 Å². The van der Waals surface area contributed by atoms with Crippen LogP contribution in [0.2, 0.25) is 0 Å². The van der Waals surface area contributed by atoms with Gasteiger partial charge in [0.1, 0.15) is 6.10 Å². The van der Waals surface area contributed by atoms with E-state index >= 15 is 0 Å². The van der Waals surface area contributed by atoms with E-state index in [1.165, 1.54) is 0 Å². The minimum Gasteiger partial charge on any atom is -0.394 e. The normalized spacial score (nSPS) is 28.0. The predicted octanol–water partition coefficient (Wildman–Crippen LogP) is -0.381. The van der Waals surface area contributed by atoms with Crippen LogP contribution >= 0.6 is 0 Å². The van der Waals surface area contributed by atoms with Crippen LogP contribution in [-0.4, -0.2) is 56.4 Å². The van der Waals surface area contributed by atoms with Gasteiger partial charge in [0.25, 0.3) is 5.56 Å². The average molecular weight is 335 g/mol. The Hall–Kier alpha value is -1.62. The fourth-order valence-electron chi connectivity index (χ4n) is 2.58. The number of hydrogen-bond acceptors (Lipinski definition) is 6. The molecule has 0 unspecified atom stereocenters. The molecule has 1 saturated heterocycles. The molecular weight excluding hydrogens is 316 g/mol. The van der Waals surface area contributed by atoms with Crippen LogP contribution in [0.15, 0.2) is 15.8 Å². The van der Waals surface area contributed by atoms with E-state index in [4.69, 9.17) is 4.74 Å². The molecule has 0 aliphatic carbocycles. The first kappa shape index (κ1) is 17.7. The van der Waals surface area contributed by atoms with Crippen molar-refractivity contribution in [1.29, 1.82) is 0 Å². The smallest absolute Gasteiger partial charge is 0.330 e. The van der Waals surface area contributed by atoms with Crippen LogP contribution in [-0.2, 0) is 4.74 Å². The number of hydrogen-bond donors (Lipinski definition) is 3. The molecule has 10 heteroatoms. The van der Waals surface area contributed by atoms with Crippen molar-refractivity contribution < 1.29 is 23.8 Å². The molecule has 130 valence electrons. The van der Waals surface area contributed by atoms with Crippen molar-refractivity contribution in [3.8, 4) is 0 Å². The van der Waals surface area contributed by atoms with Gasteiger partial charge in [0, 0.05) is 6.54 Å². The number of nitrogens with one attached hydrogen (secondary N) is 1. The van der Waals surface area contributed by atoms with E-state index in [0.29, 0.717) is 15.8 Å². The molecular formula is C13H19F2N3O5. The fourth-order valence-corrected chi connectivity index (χ4v) is 2.58. The van der Waals surface area contributed by atoms with Crippen molar-refractivity contribution in [1.82, 2.24) is 14.6 Å². The molecule has 1 aromatic heterocycles. The molecule has 1 fully saturated rings. The number of aromatic nitrogens is 2. The van der Waals surface area contributed by atoms with Crippen molar-refractivity contribution in [3.05, 3.63) is 32.9 Å². The summed E-state index contributed by atoms with van der Waals surface area (Å²) in [6.07, 6.45) is -4.06. The van der Waals surface area contributed by atoms with Crippen LogP contribution < -0.4 is 11.2 Å². The second kappa shape index (κ2) is 6.87. The third kappa shape index (κ3) is 3.50. The van der Waals surface area contributed by atoms with Crippen molar-refractivity contribution in [3.63, 3.8) is 0 Å². The number of aliphatic hydroxyl groups is 1. The zero-order valence-corrected chi connectivity index (χ0v) is 12.6. The highest BCUT2D eigenvalue weighted by atomic mass is 19.1. The summed E-state index contributed by atoms with van der Waals surface area (Å²) in [5.74, 6) is -1.26. The van der Waals surface area contributed by atoms with Gasteiger partial charge in [0.05, 0.1) is 18.8 Å². The van der Waals surface area contributed by atoms with Gasteiger partial charge in [-0.2, -0.15) is 9.45 Å². The Morgan fingerprint density at radius 3 is 2.70 bits per heavy atom. The Bertz CT molecular complexity index is 662. The Morgan fingerprint density at radius 2 is 2.13 bits per heavy atom. The molecule has 1 aliphatic rings. The summed E-state index contributed by atoms with van der Waals surface area (Å²) in [6, 6.07) is -1.23. The average Bonchev–Trinajstić information content (AvgIpc) is 2.79. The molecule has 0 bridgehead atoms. The van der Waals surface area contributed by atoms with Crippen molar-refractivity contribution >= 4 is 0 Å². The molecule has 1 aliphatic heterocycles. The van der Waals surface area contributed by atoms with Crippen LogP contribution in [0.5, 0.6) is 0 Å². The Morgan fingerprint density at radius 1 is 1.48 bits per heavy atom. The highest BCUT2D eigenvalue weighted by molar-refractivity contribution is 4.97. The first-order valence-electron chi connectivity index (χ1n) is 7.13. The van der Waals surface area contributed by atoms with Gasteiger partial charge < -0.3 is 15.1 Å². The van der Waals surface area contributed by atoms with Crippen LogP contribution in [0.25, 0.3) is 0 Å². The van der Waals surface area contributed by atoms with E-state index in [9.17, 15) is 28.7 Å². The van der Waals surface area contributed by atoms with Gasteiger partial charge >= 0.3 is 5.69 Å². The monoisotopic (exact) mass is 335 g/mol. The minimum atomic E-state index is -1.92. The lowest BCUT2D eigenvalue weighted by Crippen LogP contribution is -2.47. The third-order valence-electron chi connectivity index (χ3n) is 3.57. The van der Waals surface area contributed by atoms with Crippen molar-refractivity contribution in [2.75, 3.05) is 13.2 Å². The summed E-state index contributed by atoms with van der Waals surface area (Å²) < 4.78 is 33.8. The van der Waals surface area contributed by atoms with E-state index in [1.807, 2.05) is 0 Å². The van der Waals surface area contributed by atoms with Gasteiger partial charge in [0.15, 0.2) is 12.4 Å². The number of H-pyrrole nitrogens is 1. The van der Waals surface area contributed by atoms with Crippen LogP contribution in [0.4, 0.5) is 8.78 Å². The molecule has 0 aromatic carbocycles. The molecule has 2 rings (SSSR count).